The Labute approximate surface area is 70.9 Å². The molecule has 0 aliphatic heterocycles. The molecule has 1 amide bonds. The number of nitrogens with one attached hydrogen (secondary N) is 2. The van der Waals surface area contributed by atoms with Gasteiger partial charge in [0, 0.05) is 19.2 Å². The predicted octanol–water partition coefficient (Wildman–Crippen LogP) is 0.115. The first kappa shape index (κ1) is 8.80. The molecule has 0 spiro atoms. The summed E-state index contributed by atoms with van der Waals surface area (Å²) in [6.07, 6.45) is 3.26. The van der Waals surface area contributed by atoms with Crippen LogP contribution in [0.15, 0.2) is 23.0 Å². The van der Waals surface area contributed by atoms with Gasteiger partial charge in [-0.1, -0.05) is 0 Å². The van der Waals surface area contributed by atoms with Gasteiger partial charge in [-0.15, -0.1) is 0 Å². The fraction of sp³-hybridized carbons (Fsp3) is 0.375. The molecule has 1 rings (SSSR count). The quantitative estimate of drug-likeness (QED) is 0.671. The van der Waals surface area contributed by atoms with Crippen LogP contribution >= 0.6 is 0 Å². The van der Waals surface area contributed by atoms with Gasteiger partial charge >= 0.3 is 0 Å². The molecule has 0 atom stereocenters. The Balaban J connectivity index is 2.15. The van der Waals surface area contributed by atoms with E-state index in [1.807, 2.05) is 6.07 Å². The zero-order chi connectivity index (χ0) is 8.81. The normalized spacial score (nSPS) is 9.75. The van der Waals surface area contributed by atoms with E-state index in [0.29, 0.717) is 13.1 Å². The molecule has 1 aromatic rings. The number of hydrogen-bond acceptors (Lipinski definition) is 3. The second-order valence-electron chi connectivity index (χ2n) is 2.41. The zero-order valence-electron chi connectivity index (χ0n) is 6.96. The van der Waals surface area contributed by atoms with Crippen LogP contribution in [0.5, 0.6) is 0 Å². The van der Waals surface area contributed by atoms with E-state index in [9.17, 15) is 4.79 Å². The van der Waals surface area contributed by atoms with Crippen LogP contribution in [0.4, 0.5) is 0 Å². The predicted molar refractivity (Wildman–Crippen MR) is 44.5 cm³/mol. The Morgan fingerprint density at radius 2 is 2.50 bits per heavy atom. The zero-order valence-corrected chi connectivity index (χ0v) is 6.96. The standard InChI is InChI=1S/C8H12N2O2/c1-9-8(11)5-10-4-7-2-3-12-6-7/h2-3,6,10H,4-5H2,1H3,(H,9,11). The molecular weight excluding hydrogens is 156 g/mol. The van der Waals surface area contributed by atoms with E-state index in [0.717, 1.165) is 5.56 Å². The topological polar surface area (TPSA) is 54.3 Å². The van der Waals surface area contributed by atoms with Gasteiger partial charge in [0.15, 0.2) is 0 Å². The van der Waals surface area contributed by atoms with Crippen LogP contribution in [0.2, 0.25) is 0 Å². The first-order valence-corrected chi connectivity index (χ1v) is 3.75. The van der Waals surface area contributed by atoms with Crippen LogP contribution in [0, 0.1) is 0 Å². The van der Waals surface area contributed by atoms with Gasteiger partial charge in [-0.25, -0.2) is 0 Å². The molecule has 12 heavy (non-hydrogen) atoms. The molecule has 4 heteroatoms. The van der Waals surface area contributed by atoms with Crippen molar-refractivity contribution in [3.63, 3.8) is 0 Å². The van der Waals surface area contributed by atoms with Gasteiger partial charge in [-0.2, -0.15) is 0 Å². The van der Waals surface area contributed by atoms with Gasteiger partial charge in [0.2, 0.25) is 5.91 Å². The van der Waals surface area contributed by atoms with Crippen molar-refractivity contribution in [3.8, 4) is 0 Å². The second-order valence-corrected chi connectivity index (χ2v) is 2.41. The van der Waals surface area contributed by atoms with Crippen LogP contribution in [-0.4, -0.2) is 19.5 Å². The highest BCUT2D eigenvalue weighted by molar-refractivity contribution is 5.77. The van der Waals surface area contributed by atoms with Crippen molar-refractivity contribution >= 4 is 5.91 Å². The molecule has 0 unspecified atom stereocenters. The van der Waals surface area contributed by atoms with Gasteiger partial charge in [-0.05, 0) is 6.07 Å². The summed E-state index contributed by atoms with van der Waals surface area (Å²) in [6.45, 7) is 0.992. The Morgan fingerprint density at radius 1 is 1.67 bits per heavy atom. The van der Waals surface area contributed by atoms with E-state index in [1.54, 1.807) is 19.6 Å². The number of furan rings is 1. The molecule has 0 saturated carbocycles. The third-order valence-electron chi connectivity index (χ3n) is 1.47. The largest absolute Gasteiger partial charge is 0.472 e. The monoisotopic (exact) mass is 168 g/mol. The van der Waals surface area contributed by atoms with Crippen molar-refractivity contribution in [2.75, 3.05) is 13.6 Å². The summed E-state index contributed by atoms with van der Waals surface area (Å²) in [5.41, 5.74) is 1.04. The summed E-state index contributed by atoms with van der Waals surface area (Å²) in [7, 11) is 1.61. The fourth-order valence-corrected chi connectivity index (χ4v) is 0.802. The second kappa shape index (κ2) is 4.56. The van der Waals surface area contributed by atoms with Crippen LogP contribution in [0.1, 0.15) is 5.56 Å². The van der Waals surface area contributed by atoms with Crippen molar-refractivity contribution < 1.29 is 9.21 Å². The molecule has 66 valence electrons. The minimum absolute atomic E-state index is 0.0153. The van der Waals surface area contributed by atoms with Crippen molar-refractivity contribution in [2.24, 2.45) is 0 Å². The lowest BCUT2D eigenvalue weighted by Gasteiger charge is -2.00. The van der Waals surface area contributed by atoms with Gasteiger partial charge in [0.05, 0.1) is 19.1 Å². The van der Waals surface area contributed by atoms with E-state index >= 15 is 0 Å². The van der Waals surface area contributed by atoms with Gasteiger partial charge < -0.3 is 15.1 Å². The van der Waals surface area contributed by atoms with E-state index in [2.05, 4.69) is 10.6 Å². The summed E-state index contributed by atoms with van der Waals surface area (Å²) < 4.78 is 4.86. The first-order valence-electron chi connectivity index (χ1n) is 3.75. The molecule has 0 radical (unpaired) electrons. The van der Waals surface area contributed by atoms with Crippen LogP contribution in [-0.2, 0) is 11.3 Å². The lowest BCUT2D eigenvalue weighted by atomic mass is 10.3. The molecule has 0 aliphatic rings. The fourth-order valence-electron chi connectivity index (χ4n) is 0.802. The molecule has 2 N–H and O–H groups in total. The summed E-state index contributed by atoms with van der Waals surface area (Å²) in [6, 6.07) is 1.86. The number of amides is 1. The Morgan fingerprint density at radius 3 is 3.08 bits per heavy atom. The van der Waals surface area contributed by atoms with Crippen molar-refractivity contribution in [3.05, 3.63) is 24.2 Å². The summed E-state index contributed by atoms with van der Waals surface area (Å²) >= 11 is 0. The van der Waals surface area contributed by atoms with Crippen molar-refractivity contribution in [1.29, 1.82) is 0 Å². The SMILES string of the molecule is CNC(=O)CNCc1ccoc1. The first-order chi connectivity index (χ1) is 5.83. The molecule has 4 nitrogen and oxygen atoms in total. The highest BCUT2D eigenvalue weighted by Gasteiger charge is 1.97. The van der Waals surface area contributed by atoms with Gasteiger partial charge in [0.1, 0.15) is 0 Å². The third kappa shape index (κ3) is 2.75. The van der Waals surface area contributed by atoms with Gasteiger partial charge in [-0.3, -0.25) is 4.79 Å². The van der Waals surface area contributed by atoms with Crippen molar-refractivity contribution in [2.45, 2.75) is 6.54 Å². The van der Waals surface area contributed by atoms with Crippen LogP contribution in [0.3, 0.4) is 0 Å². The summed E-state index contributed by atoms with van der Waals surface area (Å²) in [5, 5.41) is 5.49. The maximum atomic E-state index is 10.7. The Bertz CT molecular complexity index is 231. The number of rotatable bonds is 4. The minimum atomic E-state index is -0.0153. The highest BCUT2D eigenvalue weighted by atomic mass is 16.3. The summed E-state index contributed by atoms with van der Waals surface area (Å²) in [4.78, 5) is 10.7. The lowest BCUT2D eigenvalue weighted by molar-refractivity contribution is -0.119. The number of likely N-dealkylation sites (N-methyl/N-ethyl adjacent to an activating group) is 1. The van der Waals surface area contributed by atoms with Crippen molar-refractivity contribution in [1.82, 2.24) is 10.6 Å². The molecule has 0 aliphatic carbocycles. The maximum absolute atomic E-state index is 10.7. The van der Waals surface area contributed by atoms with Crippen LogP contribution in [0.25, 0.3) is 0 Å². The average Bonchev–Trinajstić information content (AvgIpc) is 2.57. The Kier molecular flexibility index (Phi) is 3.35. The van der Waals surface area contributed by atoms with E-state index in [4.69, 9.17) is 4.42 Å². The van der Waals surface area contributed by atoms with Gasteiger partial charge in [0.25, 0.3) is 0 Å². The smallest absolute Gasteiger partial charge is 0.233 e. The molecule has 0 saturated heterocycles. The Hall–Kier alpha value is -1.29. The van der Waals surface area contributed by atoms with E-state index < -0.39 is 0 Å². The highest BCUT2D eigenvalue weighted by Crippen LogP contribution is 1.97. The lowest BCUT2D eigenvalue weighted by Crippen LogP contribution is -2.30. The minimum Gasteiger partial charge on any atom is -0.472 e. The van der Waals surface area contributed by atoms with E-state index in [-0.39, 0.29) is 5.91 Å². The molecule has 0 aromatic carbocycles. The third-order valence-corrected chi connectivity index (χ3v) is 1.47. The van der Waals surface area contributed by atoms with Crippen LogP contribution < -0.4 is 10.6 Å². The number of hydrogen-bond donors (Lipinski definition) is 2. The van der Waals surface area contributed by atoms with E-state index in [1.165, 1.54) is 0 Å². The summed E-state index contributed by atoms with van der Waals surface area (Å²) in [5.74, 6) is -0.0153. The number of carbonyl (C=O) groups is 1. The molecule has 1 heterocycles. The average molecular weight is 168 g/mol. The maximum Gasteiger partial charge on any atom is 0.233 e. The molecule has 0 bridgehead atoms. The molecular formula is C8H12N2O2. The molecule has 1 aromatic heterocycles. The molecule has 0 fully saturated rings. The number of carbonyl (C=O) groups excluding carboxylic acids is 1.